The van der Waals surface area contributed by atoms with Crippen molar-refractivity contribution in [2.75, 3.05) is 32.7 Å². The Hall–Kier alpha value is -1.46. The maximum absolute atomic E-state index is 13.1. The molecule has 0 bridgehead atoms. The number of hydrogen-bond acceptors (Lipinski definition) is 3. The SMILES string of the molecule is NCCN1CCC2(CC1)C(=O)NC[C@H]2c1ccc(F)cc1. The summed E-state index contributed by atoms with van der Waals surface area (Å²) in [6.07, 6.45) is 1.70. The minimum atomic E-state index is -0.330. The highest BCUT2D eigenvalue weighted by atomic mass is 19.1. The van der Waals surface area contributed by atoms with Gasteiger partial charge in [0.05, 0.1) is 5.41 Å². The van der Waals surface area contributed by atoms with Gasteiger partial charge in [-0.15, -0.1) is 0 Å². The maximum Gasteiger partial charge on any atom is 0.227 e. The molecule has 1 aromatic carbocycles. The quantitative estimate of drug-likeness (QED) is 0.876. The van der Waals surface area contributed by atoms with Crippen LogP contribution in [0.15, 0.2) is 24.3 Å². The first-order chi connectivity index (χ1) is 10.2. The van der Waals surface area contributed by atoms with Crippen LogP contribution in [0.25, 0.3) is 0 Å². The van der Waals surface area contributed by atoms with Crippen LogP contribution < -0.4 is 11.1 Å². The molecule has 0 radical (unpaired) electrons. The number of halogens is 1. The zero-order valence-electron chi connectivity index (χ0n) is 12.1. The number of likely N-dealkylation sites (tertiary alicyclic amines) is 1. The van der Waals surface area contributed by atoms with E-state index in [9.17, 15) is 9.18 Å². The third kappa shape index (κ3) is 2.56. The monoisotopic (exact) mass is 291 g/mol. The Morgan fingerprint density at radius 1 is 1.29 bits per heavy atom. The summed E-state index contributed by atoms with van der Waals surface area (Å²) >= 11 is 0. The van der Waals surface area contributed by atoms with Gasteiger partial charge in [-0.1, -0.05) is 12.1 Å². The number of nitrogens with two attached hydrogens (primary N) is 1. The molecule has 1 aromatic rings. The van der Waals surface area contributed by atoms with Crippen LogP contribution in [0, 0.1) is 11.2 Å². The number of benzene rings is 1. The summed E-state index contributed by atoms with van der Waals surface area (Å²) in [5, 5.41) is 3.01. The van der Waals surface area contributed by atoms with Gasteiger partial charge in [0.1, 0.15) is 5.82 Å². The average Bonchev–Trinajstić information content (AvgIpc) is 2.80. The van der Waals surface area contributed by atoms with E-state index >= 15 is 0 Å². The van der Waals surface area contributed by atoms with Crippen LogP contribution in [-0.2, 0) is 4.79 Å². The molecule has 2 fully saturated rings. The van der Waals surface area contributed by atoms with Crippen LogP contribution in [0.1, 0.15) is 24.3 Å². The standard InChI is InChI=1S/C16H22FN3O/c17-13-3-1-12(2-4-13)14-11-19-15(21)16(14)5-8-20(9-6-16)10-7-18/h1-4,14H,5-11,18H2,(H,19,21)/t14-/m0/s1. The van der Waals surface area contributed by atoms with E-state index in [4.69, 9.17) is 5.73 Å². The number of carbonyl (C=O) groups is 1. The second-order valence-corrected chi connectivity index (χ2v) is 6.10. The van der Waals surface area contributed by atoms with Gasteiger partial charge in [0.25, 0.3) is 0 Å². The molecule has 5 heteroatoms. The van der Waals surface area contributed by atoms with E-state index in [2.05, 4.69) is 10.2 Å². The van der Waals surface area contributed by atoms with Gasteiger partial charge in [0.15, 0.2) is 0 Å². The lowest BCUT2D eigenvalue weighted by atomic mass is 9.68. The Bertz CT molecular complexity index is 509. The van der Waals surface area contributed by atoms with E-state index in [1.165, 1.54) is 12.1 Å². The lowest BCUT2D eigenvalue weighted by Gasteiger charge is -2.41. The molecule has 21 heavy (non-hydrogen) atoms. The number of nitrogens with one attached hydrogen (secondary N) is 1. The predicted molar refractivity (Wildman–Crippen MR) is 79.3 cm³/mol. The fourth-order valence-electron chi connectivity index (χ4n) is 3.79. The van der Waals surface area contributed by atoms with Crippen molar-refractivity contribution < 1.29 is 9.18 Å². The lowest BCUT2D eigenvalue weighted by Crippen LogP contribution is -2.47. The number of piperidine rings is 1. The molecule has 4 nitrogen and oxygen atoms in total. The lowest BCUT2D eigenvalue weighted by molar-refractivity contribution is -0.130. The van der Waals surface area contributed by atoms with E-state index in [0.29, 0.717) is 13.1 Å². The highest BCUT2D eigenvalue weighted by molar-refractivity contribution is 5.86. The second-order valence-electron chi connectivity index (χ2n) is 6.10. The smallest absolute Gasteiger partial charge is 0.227 e. The van der Waals surface area contributed by atoms with Gasteiger partial charge < -0.3 is 16.0 Å². The van der Waals surface area contributed by atoms with E-state index in [-0.39, 0.29) is 23.1 Å². The van der Waals surface area contributed by atoms with E-state index in [0.717, 1.165) is 38.0 Å². The highest BCUT2D eigenvalue weighted by Crippen LogP contribution is 2.47. The molecule has 0 unspecified atom stereocenters. The van der Waals surface area contributed by atoms with Gasteiger partial charge in [-0.3, -0.25) is 4.79 Å². The first kappa shape index (κ1) is 14.5. The van der Waals surface area contributed by atoms with Crippen LogP contribution >= 0.6 is 0 Å². The summed E-state index contributed by atoms with van der Waals surface area (Å²) in [6, 6.07) is 6.59. The molecular formula is C16H22FN3O. The van der Waals surface area contributed by atoms with Gasteiger partial charge in [-0.05, 0) is 43.6 Å². The fourth-order valence-corrected chi connectivity index (χ4v) is 3.79. The molecule has 3 N–H and O–H groups in total. The fraction of sp³-hybridized carbons (Fsp3) is 0.562. The van der Waals surface area contributed by atoms with Crippen LogP contribution in [0.4, 0.5) is 4.39 Å². The topological polar surface area (TPSA) is 58.4 Å². The van der Waals surface area contributed by atoms with Crippen molar-refractivity contribution in [3.05, 3.63) is 35.6 Å². The summed E-state index contributed by atoms with van der Waals surface area (Å²) in [7, 11) is 0. The van der Waals surface area contributed by atoms with Crippen molar-refractivity contribution in [2.45, 2.75) is 18.8 Å². The molecule has 2 saturated heterocycles. The molecule has 0 aromatic heterocycles. The number of carbonyl (C=O) groups excluding carboxylic acids is 1. The third-order valence-electron chi connectivity index (χ3n) is 5.05. The van der Waals surface area contributed by atoms with Crippen LogP contribution in [-0.4, -0.2) is 43.5 Å². The Morgan fingerprint density at radius 2 is 1.95 bits per heavy atom. The number of rotatable bonds is 3. The van der Waals surface area contributed by atoms with Crippen LogP contribution in [0.2, 0.25) is 0 Å². The van der Waals surface area contributed by atoms with Crippen molar-refractivity contribution in [1.29, 1.82) is 0 Å². The summed E-state index contributed by atoms with van der Waals surface area (Å²) in [6.45, 7) is 4.01. The maximum atomic E-state index is 13.1. The predicted octanol–water partition coefficient (Wildman–Crippen LogP) is 1.08. The average molecular weight is 291 g/mol. The molecule has 114 valence electrons. The number of hydrogen-bond donors (Lipinski definition) is 2. The largest absolute Gasteiger partial charge is 0.355 e. The minimum Gasteiger partial charge on any atom is -0.355 e. The van der Waals surface area contributed by atoms with Crippen molar-refractivity contribution >= 4 is 5.91 Å². The second kappa shape index (κ2) is 5.73. The van der Waals surface area contributed by atoms with E-state index in [1.807, 2.05) is 12.1 Å². The van der Waals surface area contributed by atoms with Crippen LogP contribution in [0.5, 0.6) is 0 Å². The van der Waals surface area contributed by atoms with Gasteiger partial charge in [0.2, 0.25) is 5.91 Å². The molecule has 1 amide bonds. The zero-order chi connectivity index (χ0) is 14.9. The molecule has 0 saturated carbocycles. The third-order valence-corrected chi connectivity index (χ3v) is 5.05. The van der Waals surface area contributed by atoms with Gasteiger partial charge in [0, 0.05) is 25.6 Å². The highest BCUT2D eigenvalue weighted by Gasteiger charge is 2.51. The molecule has 0 aliphatic carbocycles. The van der Waals surface area contributed by atoms with Crippen molar-refractivity contribution in [3.8, 4) is 0 Å². The van der Waals surface area contributed by atoms with Gasteiger partial charge >= 0.3 is 0 Å². The molecule has 2 aliphatic heterocycles. The summed E-state index contributed by atoms with van der Waals surface area (Å²) in [4.78, 5) is 14.8. The van der Waals surface area contributed by atoms with Crippen molar-refractivity contribution in [3.63, 3.8) is 0 Å². The molecule has 2 aliphatic rings. The molecule has 1 spiro atoms. The van der Waals surface area contributed by atoms with Gasteiger partial charge in [-0.2, -0.15) is 0 Å². The normalized spacial score (nSPS) is 25.2. The first-order valence-corrected chi connectivity index (χ1v) is 7.62. The van der Waals surface area contributed by atoms with E-state index in [1.54, 1.807) is 0 Å². The Labute approximate surface area is 124 Å². The molecular weight excluding hydrogens is 269 g/mol. The van der Waals surface area contributed by atoms with Crippen molar-refractivity contribution in [2.24, 2.45) is 11.1 Å². The Morgan fingerprint density at radius 3 is 2.57 bits per heavy atom. The van der Waals surface area contributed by atoms with Crippen LogP contribution in [0.3, 0.4) is 0 Å². The molecule has 2 heterocycles. The van der Waals surface area contributed by atoms with Gasteiger partial charge in [-0.25, -0.2) is 4.39 Å². The Kier molecular flexibility index (Phi) is 3.95. The molecule has 3 rings (SSSR count). The van der Waals surface area contributed by atoms with E-state index < -0.39 is 0 Å². The Balaban J connectivity index is 1.81. The summed E-state index contributed by atoms with van der Waals surface area (Å²) < 4.78 is 13.1. The summed E-state index contributed by atoms with van der Waals surface area (Å²) in [5.41, 5.74) is 6.33. The minimum absolute atomic E-state index is 0.144. The number of nitrogens with zero attached hydrogens (tertiary/aromatic N) is 1. The molecule has 1 atom stereocenters. The first-order valence-electron chi connectivity index (χ1n) is 7.62. The summed E-state index contributed by atoms with van der Waals surface area (Å²) in [5.74, 6) is 0.0673. The number of amides is 1. The van der Waals surface area contributed by atoms with Crippen molar-refractivity contribution in [1.82, 2.24) is 10.2 Å². The zero-order valence-corrected chi connectivity index (χ0v) is 12.1.